The van der Waals surface area contributed by atoms with Crippen LogP contribution in [0.15, 0.2) is 60.7 Å². The predicted molar refractivity (Wildman–Crippen MR) is 87.6 cm³/mol. The molecule has 0 N–H and O–H groups in total. The van der Waals surface area contributed by atoms with Gasteiger partial charge in [0.05, 0.1) is 0 Å². The number of imidazole rings is 1. The Balaban J connectivity index is 2.04. The molecule has 0 saturated carbocycles. The van der Waals surface area contributed by atoms with Gasteiger partial charge in [-0.25, -0.2) is 4.98 Å². The molecule has 2 heterocycles. The zero-order valence-corrected chi connectivity index (χ0v) is 12.1. The monoisotopic (exact) mass is 283 g/mol. The van der Waals surface area contributed by atoms with E-state index in [1.807, 2.05) is 47.7 Å². The summed E-state index contributed by atoms with van der Waals surface area (Å²) in [7, 11) is 0. The molecule has 0 bridgehead atoms. The van der Waals surface area contributed by atoms with Crippen molar-refractivity contribution in [3.63, 3.8) is 0 Å². The van der Waals surface area contributed by atoms with E-state index in [2.05, 4.69) is 35.3 Å². The molecule has 0 radical (unpaired) electrons. The second kappa shape index (κ2) is 4.71. The highest BCUT2D eigenvalue weighted by molar-refractivity contribution is 5.87. The SMILES string of the molecule is Cc1cccc2nc(-c3ccc4ccccc4c3)c(C#N)n12. The summed E-state index contributed by atoms with van der Waals surface area (Å²) in [6.45, 7) is 1.99. The lowest BCUT2D eigenvalue weighted by Crippen LogP contribution is -1.93. The van der Waals surface area contributed by atoms with E-state index in [9.17, 15) is 5.26 Å². The number of rotatable bonds is 1. The third-order valence-electron chi connectivity index (χ3n) is 3.97. The van der Waals surface area contributed by atoms with Gasteiger partial charge in [0.1, 0.15) is 17.4 Å². The van der Waals surface area contributed by atoms with Crippen molar-refractivity contribution in [2.75, 3.05) is 0 Å². The quantitative estimate of drug-likeness (QED) is 0.521. The van der Waals surface area contributed by atoms with E-state index in [1.165, 1.54) is 5.39 Å². The molecular weight excluding hydrogens is 270 g/mol. The van der Waals surface area contributed by atoms with Crippen LogP contribution in [0, 0.1) is 18.3 Å². The summed E-state index contributed by atoms with van der Waals surface area (Å²) in [5, 5.41) is 11.9. The van der Waals surface area contributed by atoms with Crippen LogP contribution in [0.5, 0.6) is 0 Å². The van der Waals surface area contributed by atoms with E-state index in [1.54, 1.807) is 0 Å². The Morgan fingerprint density at radius 2 is 1.77 bits per heavy atom. The van der Waals surface area contributed by atoms with Crippen LogP contribution in [0.3, 0.4) is 0 Å². The van der Waals surface area contributed by atoms with Crippen molar-refractivity contribution >= 4 is 16.4 Å². The van der Waals surface area contributed by atoms with Crippen molar-refractivity contribution in [3.8, 4) is 17.3 Å². The number of nitrogens with zero attached hydrogens (tertiary/aromatic N) is 3. The van der Waals surface area contributed by atoms with Gasteiger partial charge in [0.2, 0.25) is 0 Å². The molecule has 0 aliphatic carbocycles. The third-order valence-corrected chi connectivity index (χ3v) is 3.97. The van der Waals surface area contributed by atoms with E-state index in [0.717, 1.165) is 28.0 Å². The molecule has 0 saturated heterocycles. The Kier molecular flexibility index (Phi) is 2.70. The standard InChI is InChI=1S/C19H13N3/c1-13-5-4-8-18-21-19(17(12-20)22(13)18)16-10-9-14-6-2-3-7-15(14)11-16/h2-11H,1H3. The molecule has 0 fully saturated rings. The Labute approximate surface area is 128 Å². The molecule has 0 spiro atoms. The van der Waals surface area contributed by atoms with Gasteiger partial charge < -0.3 is 0 Å². The maximum atomic E-state index is 9.59. The van der Waals surface area contributed by atoms with Gasteiger partial charge in [-0.1, -0.05) is 42.5 Å². The fourth-order valence-corrected chi connectivity index (χ4v) is 2.90. The topological polar surface area (TPSA) is 41.1 Å². The molecular formula is C19H13N3. The van der Waals surface area contributed by atoms with Crippen molar-refractivity contribution < 1.29 is 0 Å². The molecule has 0 aliphatic rings. The molecule has 4 aromatic rings. The summed E-state index contributed by atoms with van der Waals surface area (Å²) in [5.74, 6) is 0. The van der Waals surface area contributed by atoms with Crippen LogP contribution in [0.2, 0.25) is 0 Å². The van der Waals surface area contributed by atoms with Crippen LogP contribution >= 0.6 is 0 Å². The van der Waals surface area contributed by atoms with Crippen LogP contribution in [-0.4, -0.2) is 9.38 Å². The van der Waals surface area contributed by atoms with Crippen LogP contribution in [0.4, 0.5) is 0 Å². The molecule has 0 aliphatic heterocycles. The average molecular weight is 283 g/mol. The summed E-state index contributed by atoms with van der Waals surface area (Å²) < 4.78 is 1.91. The minimum atomic E-state index is 0.586. The van der Waals surface area contributed by atoms with Crippen molar-refractivity contribution in [2.45, 2.75) is 6.92 Å². The minimum Gasteiger partial charge on any atom is -0.288 e. The third kappa shape index (κ3) is 1.78. The number of hydrogen-bond donors (Lipinski definition) is 0. The predicted octanol–water partition coefficient (Wildman–Crippen LogP) is 4.33. The van der Waals surface area contributed by atoms with Gasteiger partial charge in [-0.05, 0) is 35.9 Å². The first-order valence-electron chi connectivity index (χ1n) is 7.15. The summed E-state index contributed by atoms with van der Waals surface area (Å²) in [6.07, 6.45) is 0. The maximum Gasteiger partial charge on any atom is 0.152 e. The first-order chi connectivity index (χ1) is 10.8. The number of fused-ring (bicyclic) bond motifs is 2. The van der Waals surface area contributed by atoms with Crippen molar-refractivity contribution in [1.82, 2.24) is 9.38 Å². The summed E-state index contributed by atoms with van der Waals surface area (Å²) >= 11 is 0. The van der Waals surface area contributed by atoms with Gasteiger partial charge in [-0.3, -0.25) is 4.40 Å². The second-order valence-electron chi connectivity index (χ2n) is 5.34. The number of aryl methyl sites for hydroxylation is 1. The van der Waals surface area contributed by atoms with Crippen LogP contribution in [0.25, 0.3) is 27.7 Å². The largest absolute Gasteiger partial charge is 0.288 e. The summed E-state index contributed by atoms with van der Waals surface area (Å²) in [4.78, 5) is 4.66. The van der Waals surface area contributed by atoms with E-state index < -0.39 is 0 Å². The van der Waals surface area contributed by atoms with Crippen LogP contribution in [-0.2, 0) is 0 Å². The number of hydrogen-bond acceptors (Lipinski definition) is 2. The molecule has 0 amide bonds. The number of nitriles is 1. The highest BCUT2D eigenvalue weighted by Gasteiger charge is 2.15. The van der Waals surface area contributed by atoms with Gasteiger partial charge in [-0.15, -0.1) is 0 Å². The van der Waals surface area contributed by atoms with Crippen LogP contribution < -0.4 is 0 Å². The van der Waals surface area contributed by atoms with Crippen LogP contribution in [0.1, 0.15) is 11.4 Å². The highest BCUT2D eigenvalue weighted by atomic mass is 15.0. The number of pyridine rings is 1. The average Bonchev–Trinajstić information content (AvgIpc) is 2.94. The van der Waals surface area contributed by atoms with E-state index >= 15 is 0 Å². The zero-order valence-electron chi connectivity index (χ0n) is 12.1. The van der Waals surface area contributed by atoms with Gasteiger partial charge in [-0.2, -0.15) is 5.26 Å². The molecule has 4 rings (SSSR count). The molecule has 2 aromatic carbocycles. The Morgan fingerprint density at radius 1 is 0.955 bits per heavy atom. The van der Waals surface area contributed by atoms with E-state index in [4.69, 9.17) is 0 Å². The number of aromatic nitrogens is 2. The fourth-order valence-electron chi connectivity index (χ4n) is 2.90. The van der Waals surface area contributed by atoms with Crippen molar-refractivity contribution in [3.05, 3.63) is 72.1 Å². The number of benzene rings is 2. The van der Waals surface area contributed by atoms with Gasteiger partial charge >= 0.3 is 0 Å². The first-order valence-corrected chi connectivity index (χ1v) is 7.15. The Bertz CT molecular complexity index is 1050. The lowest BCUT2D eigenvalue weighted by Gasteiger charge is -2.02. The molecule has 22 heavy (non-hydrogen) atoms. The zero-order chi connectivity index (χ0) is 15.1. The van der Waals surface area contributed by atoms with Crippen molar-refractivity contribution in [1.29, 1.82) is 5.26 Å². The molecule has 2 aromatic heterocycles. The lowest BCUT2D eigenvalue weighted by molar-refractivity contribution is 1.07. The van der Waals surface area contributed by atoms with Crippen molar-refractivity contribution in [2.24, 2.45) is 0 Å². The van der Waals surface area contributed by atoms with E-state index in [0.29, 0.717) is 5.69 Å². The summed E-state index contributed by atoms with van der Waals surface area (Å²) in [5.41, 5.74) is 4.11. The molecule has 0 atom stereocenters. The van der Waals surface area contributed by atoms with Gasteiger partial charge in [0.25, 0.3) is 0 Å². The molecule has 104 valence electrons. The minimum absolute atomic E-state index is 0.586. The normalized spacial score (nSPS) is 10.9. The highest BCUT2D eigenvalue weighted by Crippen LogP contribution is 2.28. The second-order valence-corrected chi connectivity index (χ2v) is 5.34. The molecule has 3 heteroatoms. The molecule has 3 nitrogen and oxygen atoms in total. The lowest BCUT2D eigenvalue weighted by atomic mass is 10.0. The fraction of sp³-hybridized carbons (Fsp3) is 0.0526. The first kappa shape index (κ1) is 12.6. The van der Waals surface area contributed by atoms with E-state index in [-0.39, 0.29) is 0 Å². The summed E-state index contributed by atoms with van der Waals surface area (Å²) in [6, 6.07) is 22.6. The Morgan fingerprint density at radius 3 is 2.59 bits per heavy atom. The van der Waals surface area contributed by atoms with Gasteiger partial charge in [0.15, 0.2) is 5.69 Å². The van der Waals surface area contributed by atoms with Gasteiger partial charge in [0, 0.05) is 11.3 Å². The molecule has 0 unspecified atom stereocenters. The Hall–Kier alpha value is -3.12. The maximum absolute atomic E-state index is 9.59. The smallest absolute Gasteiger partial charge is 0.152 e.